The average Bonchev–Trinajstić information content (AvgIpc) is 2.86. The van der Waals surface area contributed by atoms with Crippen LogP contribution < -0.4 is 10.1 Å². The van der Waals surface area contributed by atoms with Crippen LogP contribution in [0.2, 0.25) is 0 Å². The van der Waals surface area contributed by atoms with Gasteiger partial charge in [-0.25, -0.2) is 9.59 Å². The Hall–Kier alpha value is -3.55. The van der Waals surface area contributed by atoms with Crippen molar-refractivity contribution in [3.63, 3.8) is 0 Å². The smallest absolute Gasteiger partial charge is 0.408 e. The highest BCUT2D eigenvalue weighted by atomic mass is 16.5. The summed E-state index contributed by atoms with van der Waals surface area (Å²) in [6, 6.07) is 15.5. The van der Waals surface area contributed by atoms with Crippen molar-refractivity contribution in [2.24, 2.45) is 5.41 Å². The molecule has 35 heavy (non-hydrogen) atoms. The zero-order valence-electron chi connectivity index (χ0n) is 20.8. The molecule has 1 saturated heterocycles. The molecule has 0 saturated carbocycles. The Morgan fingerprint density at radius 2 is 1.63 bits per heavy atom. The molecule has 1 fully saturated rings. The van der Waals surface area contributed by atoms with Crippen LogP contribution in [0.1, 0.15) is 49.5 Å². The maximum atomic E-state index is 13.3. The number of ether oxygens (including phenoxy) is 3. The van der Waals surface area contributed by atoms with E-state index in [1.54, 1.807) is 29.2 Å². The lowest BCUT2D eigenvalue weighted by Gasteiger charge is -2.38. The number of carbonyl (C=O) groups excluding carboxylic acids is 3. The van der Waals surface area contributed by atoms with Crippen LogP contribution in [0.5, 0.6) is 5.75 Å². The summed E-state index contributed by atoms with van der Waals surface area (Å²) in [5.41, 5.74) is 0.851. The van der Waals surface area contributed by atoms with Crippen molar-refractivity contribution in [1.29, 1.82) is 0 Å². The maximum Gasteiger partial charge on any atom is 0.408 e. The molecule has 0 aliphatic carbocycles. The second kappa shape index (κ2) is 11.7. The quantitative estimate of drug-likeness (QED) is 0.595. The Bertz CT molecular complexity index is 993. The average molecular weight is 483 g/mol. The maximum absolute atomic E-state index is 13.3. The van der Waals surface area contributed by atoms with Gasteiger partial charge in [-0.15, -0.1) is 0 Å². The summed E-state index contributed by atoms with van der Waals surface area (Å²) in [5, 5.41) is 2.77. The molecule has 1 aliphatic rings. The Kier molecular flexibility index (Phi) is 8.73. The third kappa shape index (κ3) is 7.47. The number of piperidine rings is 1. The van der Waals surface area contributed by atoms with Crippen LogP contribution in [-0.4, -0.2) is 55.2 Å². The summed E-state index contributed by atoms with van der Waals surface area (Å²) >= 11 is 0. The lowest BCUT2D eigenvalue weighted by Crippen LogP contribution is -2.56. The lowest BCUT2D eigenvalue weighted by atomic mass is 9.85. The molecule has 2 aromatic rings. The predicted molar refractivity (Wildman–Crippen MR) is 131 cm³/mol. The van der Waals surface area contributed by atoms with Crippen LogP contribution in [0.4, 0.5) is 4.79 Å². The molecular weight excluding hydrogens is 448 g/mol. The SMILES string of the molecule is COC(=O)c1ccc(OC2CCN(C(=O)[C@@H](NC(=O)OCc3ccccc3)C(C)(C)C)CC2)cc1. The van der Waals surface area contributed by atoms with Gasteiger partial charge < -0.3 is 24.4 Å². The van der Waals surface area contributed by atoms with Gasteiger partial charge in [0, 0.05) is 25.9 Å². The number of rotatable bonds is 7. The van der Waals surface area contributed by atoms with Gasteiger partial charge in [0.1, 0.15) is 24.5 Å². The molecule has 1 heterocycles. The first-order valence-corrected chi connectivity index (χ1v) is 11.8. The zero-order chi connectivity index (χ0) is 25.4. The molecular formula is C27H34N2O6. The van der Waals surface area contributed by atoms with Crippen molar-refractivity contribution < 1.29 is 28.6 Å². The third-order valence-corrected chi connectivity index (χ3v) is 5.92. The van der Waals surface area contributed by atoms with Crippen molar-refractivity contribution in [3.8, 4) is 5.75 Å². The van der Waals surface area contributed by atoms with E-state index in [-0.39, 0.29) is 18.6 Å². The Morgan fingerprint density at radius 1 is 1.00 bits per heavy atom. The van der Waals surface area contributed by atoms with Gasteiger partial charge in [-0.3, -0.25) is 4.79 Å². The van der Waals surface area contributed by atoms with Crippen LogP contribution in [-0.2, 0) is 20.9 Å². The number of esters is 1. The molecule has 0 unspecified atom stereocenters. The van der Waals surface area contributed by atoms with Crippen LogP contribution in [0.3, 0.4) is 0 Å². The summed E-state index contributed by atoms with van der Waals surface area (Å²) < 4.78 is 16.1. The van der Waals surface area contributed by atoms with E-state index in [2.05, 4.69) is 5.32 Å². The highest BCUT2D eigenvalue weighted by Gasteiger charge is 2.37. The highest BCUT2D eigenvalue weighted by Crippen LogP contribution is 2.25. The van der Waals surface area contributed by atoms with E-state index in [0.717, 1.165) is 5.56 Å². The molecule has 2 amide bonds. The van der Waals surface area contributed by atoms with E-state index >= 15 is 0 Å². The fourth-order valence-electron chi connectivity index (χ4n) is 3.89. The van der Waals surface area contributed by atoms with Gasteiger partial charge in [-0.1, -0.05) is 51.1 Å². The van der Waals surface area contributed by atoms with Crippen molar-refractivity contribution >= 4 is 18.0 Å². The fraction of sp³-hybridized carbons (Fsp3) is 0.444. The molecule has 0 bridgehead atoms. The van der Waals surface area contributed by atoms with Gasteiger partial charge in [0.2, 0.25) is 5.91 Å². The number of nitrogens with one attached hydrogen (secondary N) is 1. The van der Waals surface area contributed by atoms with Gasteiger partial charge in [0.25, 0.3) is 0 Å². The minimum absolute atomic E-state index is 0.0417. The van der Waals surface area contributed by atoms with E-state index in [4.69, 9.17) is 14.2 Å². The van der Waals surface area contributed by atoms with Crippen molar-refractivity contribution in [1.82, 2.24) is 10.2 Å². The number of carbonyl (C=O) groups is 3. The van der Waals surface area contributed by atoms with E-state index in [1.807, 2.05) is 51.1 Å². The van der Waals surface area contributed by atoms with E-state index in [9.17, 15) is 14.4 Å². The number of hydrogen-bond acceptors (Lipinski definition) is 6. The molecule has 1 N–H and O–H groups in total. The molecule has 2 aromatic carbocycles. The molecule has 1 atom stereocenters. The number of methoxy groups -OCH3 is 1. The molecule has 0 aromatic heterocycles. The van der Waals surface area contributed by atoms with Gasteiger partial charge in [-0.05, 0) is 35.2 Å². The number of hydrogen-bond donors (Lipinski definition) is 1. The number of amides is 2. The van der Waals surface area contributed by atoms with Crippen LogP contribution in [0.25, 0.3) is 0 Å². The molecule has 8 nitrogen and oxygen atoms in total. The Labute approximate surface area is 206 Å². The first kappa shape index (κ1) is 26.1. The minimum atomic E-state index is -0.714. The summed E-state index contributed by atoms with van der Waals surface area (Å²) in [4.78, 5) is 39.1. The van der Waals surface area contributed by atoms with E-state index in [1.165, 1.54) is 7.11 Å². The van der Waals surface area contributed by atoms with Crippen molar-refractivity contribution in [2.75, 3.05) is 20.2 Å². The van der Waals surface area contributed by atoms with Crippen LogP contribution in [0.15, 0.2) is 54.6 Å². The van der Waals surface area contributed by atoms with Gasteiger partial charge in [0.05, 0.1) is 12.7 Å². The van der Waals surface area contributed by atoms with E-state index < -0.39 is 23.5 Å². The summed E-state index contributed by atoms with van der Waals surface area (Å²) in [6.45, 7) is 6.94. The zero-order valence-corrected chi connectivity index (χ0v) is 20.8. The van der Waals surface area contributed by atoms with Gasteiger partial charge in [0.15, 0.2) is 0 Å². The number of likely N-dealkylation sites (tertiary alicyclic amines) is 1. The van der Waals surface area contributed by atoms with Gasteiger partial charge >= 0.3 is 12.1 Å². The molecule has 0 spiro atoms. The standard InChI is InChI=1S/C27H34N2O6/c1-27(2,3)23(28-26(32)34-18-19-8-6-5-7-9-19)24(30)29-16-14-22(15-17-29)35-21-12-10-20(11-13-21)25(31)33-4/h5-13,22-23H,14-18H2,1-4H3,(H,28,32)/t23-/m1/s1. The Balaban J connectivity index is 1.52. The first-order chi connectivity index (χ1) is 16.7. The number of alkyl carbamates (subject to hydrolysis) is 1. The number of nitrogens with zero attached hydrogens (tertiary/aromatic N) is 1. The molecule has 188 valence electrons. The second-order valence-electron chi connectivity index (χ2n) is 9.66. The molecule has 1 aliphatic heterocycles. The monoisotopic (exact) mass is 482 g/mol. The fourth-order valence-corrected chi connectivity index (χ4v) is 3.89. The van der Waals surface area contributed by atoms with Crippen LogP contribution in [0, 0.1) is 5.41 Å². The normalized spacial score (nSPS) is 15.1. The second-order valence-corrected chi connectivity index (χ2v) is 9.66. The first-order valence-electron chi connectivity index (χ1n) is 11.8. The lowest BCUT2D eigenvalue weighted by molar-refractivity contribution is -0.137. The summed E-state index contributed by atoms with van der Waals surface area (Å²) in [5.74, 6) is 0.141. The minimum Gasteiger partial charge on any atom is -0.490 e. The largest absolute Gasteiger partial charge is 0.490 e. The third-order valence-electron chi connectivity index (χ3n) is 5.92. The summed E-state index contributed by atoms with van der Waals surface area (Å²) in [7, 11) is 1.34. The summed E-state index contributed by atoms with van der Waals surface area (Å²) in [6.07, 6.45) is 0.676. The van der Waals surface area contributed by atoms with Crippen molar-refractivity contribution in [3.05, 3.63) is 65.7 Å². The molecule has 0 radical (unpaired) electrons. The van der Waals surface area contributed by atoms with Gasteiger partial charge in [-0.2, -0.15) is 0 Å². The topological polar surface area (TPSA) is 94.2 Å². The van der Waals surface area contributed by atoms with E-state index in [0.29, 0.717) is 37.2 Å². The number of benzene rings is 2. The molecule has 8 heteroatoms. The van der Waals surface area contributed by atoms with Crippen LogP contribution >= 0.6 is 0 Å². The van der Waals surface area contributed by atoms with Crippen molar-refractivity contribution in [2.45, 2.75) is 52.4 Å². The molecule has 3 rings (SSSR count). The Morgan fingerprint density at radius 3 is 2.20 bits per heavy atom. The predicted octanol–water partition coefficient (Wildman–Crippen LogP) is 4.18. The highest BCUT2D eigenvalue weighted by molar-refractivity contribution is 5.89.